The minimum atomic E-state index is -0.386. The zero-order valence-corrected chi connectivity index (χ0v) is 25.9. The number of thiophene rings is 2. The lowest BCUT2D eigenvalue weighted by Gasteiger charge is -2.18. The number of amides is 1. The van der Waals surface area contributed by atoms with E-state index < -0.39 is 0 Å². The van der Waals surface area contributed by atoms with Crippen molar-refractivity contribution in [3.8, 4) is 5.69 Å². The highest BCUT2D eigenvalue weighted by Crippen LogP contribution is 2.41. The molecule has 41 heavy (non-hydrogen) atoms. The quantitative estimate of drug-likeness (QED) is 0.143. The molecule has 3 heterocycles. The normalized spacial score (nSPS) is 18.1. The van der Waals surface area contributed by atoms with Crippen LogP contribution in [0.5, 0.6) is 0 Å². The van der Waals surface area contributed by atoms with Gasteiger partial charge in [-0.3, -0.25) is 14.2 Å². The van der Waals surface area contributed by atoms with Gasteiger partial charge in [0, 0.05) is 9.75 Å². The van der Waals surface area contributed by atoms with Crippen LogP contribution in [0.2, 0.25) is 0 Å². The Kier molecular flexibility index (Phi) is 8.07. The average molecular weight is 608 g/mol. The number of thioether (sulfide) groups is 1. The summed E-state index contributed by atoms with van der Waals surface area (Å²) in [5, 5.41) is 4.75. The van der Waals surface area contributed by atoms with Crippen molar-refractivity contribution in [3.05, 3.63) is 67.1 Å². The molecule has 2 aliphatic rings. The number of esters is 1. The Balaban J connectivity index is 1.31. The molecule has 3 aromatic heterocycles. The first-order valence-corrected chi connectivity index (χ1v) is 16.8. The molecule has 4 aromatic rings. The Morgan fingerprint density at radius 2 is 1.73 bits per heavy atom. The number of hydrogen-bond donors (Lipinski definition) is 1. The molecule has 2 atom stereocenters. The third kappa shape index (κ3) is 5.49. The number of nitrogens with one attached hydrogen (secondary N) is 1. The summed E-state index contributed by atoms with van der Waals surface area (Å²) in [6.45, 7) is 6.52. The molecule has 1 N–H and O–H groups in total. The first-order chi connectivity index (χ1) is 19.8. The maximum absolute atomic E-state index is 14.0. The van der Waals surface area contributed by atoms with Crippen molar-refractivity contribution < 1.29 is 14.3 Å². The van der Waals surface area contributed by atoms with Crippen molar-refractivity contribution in [2.75, 3.05) is 17.7 Å². The number of carbonyl (C=O) groups is 2. The fourth-order valence-corrected chi connectivity index (χ4v) is 9.48. The summed E-state index contributed by atoms with van der Waals surface area (Å²) in [6.07, 6.45) is 5.65. The number of benzene rings is 1. The van der Waals surface area contributed by atoms with Crippen LogP contribution in [-0.2, 0) is 35.2 Å². The fraction of sp³-hybridized carbons (Fsp3) is 0.419. The fourth-order valence-electron chi connectivity index (χ4n) is 5.82. The lowest BCUT2D eigenvalue weighted by molar-refractivity contribution is -0.113. The van der Waals surface area contributed by atoms with Gasteiger partial charge in [0.05, 0.1) is 29.0 Å². The molecule has 214 valence electrons. The molecule has 0 saturated heterocycles. The molecule has 7 nitrogen and oxygen atoms in total. The number of rotatable bonds is 7. The SMILES string of the molecule is CCOC(=O)c1c(NC(=O)CSc2nc3sc4c(c3c(=O)n2-c2ccccc2)CC[C@@H](C)C4)sc2c1CC[C@H](C)C2. The van der Waals surface area contributed by atoms with Gasteiger partial charge in [0.15, 0.2) is 5.16 Å². The molecular formula is C31H33N3O4S3. The van der Waals surface area contributed by atoms with Crippen LogP contribution >= 0.6 is 34.4 Å². The Morgan fingerprint density at radius 3 is 2.44 bits per heavy atom. The molecule has 1 amide bonds. The number of aromatic nitrogens is 2. The van der Waals surface area contributed by atoms with Crippen molar-refractivity contribution in [1.82, 2.24) is 9.55 Å². The summed E-state index contributed by atoms with van der Waals surface area (Å²) in [5.41, 5.74) is 3.29. The number of anilines is 1. The molecule has 6 rings (SSSR count). The second-order valence-corrected chi connectivity index (χ2v) is 14.1. The van der Waals surface area contributed by atoms with Gasteiger partial charge in [0.2, 0.25) is 5.91 Å². The Hall–Kier alpha value is -2.95. The summed E-state index contributed by atoms with van der Waals surface area (Å²) in [6, 6.07) is 9.49. The first-order valence-electron chi connectivity index (χ1n) is 14.2. The van der Waals surface area contributed by atoms with Crippen LogP contribution in [0.25, 0.3) is 15.9 Å². The molecule has 0 aliphatic heterocycles. The summed E-state index contributed by atoms with van der Waals surface area (Å²) in [7, 11) is 0. The predicted octanol–water partition coefficient (Wildman–Crippen LogP) is 6.67. The molecule has 10 heteroatoms. The van der Waals surface area contributed by atoms with E-state index in [1.807, 2.05) is 30.3 Å². The van der Waals surface area contributed by atoms with E-state index in [-0.39, 0.29) is 29.8 Å². The first kappa shape index (κ1) is 28.2. The number of para-hydroxylation sites is 1. The van der Waals surface area contributed by atoms with Gasteiger partial charge >= 0.3 is 5.97 Å². The van der Waals surface area contributed by atoms with Gasteiger partial charge in [0.25, 0.3) is 5.56 Å². The summed E-state index contributed by atoms with van der Waals surface area (Å²) in [4.78, 5) is 48.3. The van der Waals surface area contributed by atoms with Gasteiger partial charge in [-0.15, -0.1) is 22.7 Å². The van der Waals surface area contributed by atoms with Crippen molar-refractivity contribution in [3.63, 3.8) is 0 Å². The zero-order chi connectivity index (χ0) is 28.7. The van der Waals surface area contributed by atoms with E-state index in [2.05, 4.69) is 19.2 Å². The van der Waals surface area contributed by atoms with Crippen molar-refractivity contribution in [2.24, 2.45) is 11.8 Å². The minimum Gasteiger partial charge on any atom is -0.462 e. The van der Waals surface area contributed by atoms with Gasteiger partial charge in [-0.05, 0) is 80.5 Å². The largest absolute Gasteiger partial charge is 0.462 e. The third-order valence-electron chi connectivity index (χ3n) is 7.89. The molecule has 0 unspecified atom stereocenters. The highest BCUT2D eigenvalue weighted by Gasteiger charge is 2.30. The Bertz CT molecular complexity index is 1690. The molecule has 1 aromatic carbocycles. The zero-order valence-electron chi connectivity index (χ0n) is 23.5. The Morgan fingerprint density at radius 1 is 1.05 bits per heavy atom. The molecule has 0 fully saturated rings. The Labute approximate surface area is 251 Å². The van der Waals surface area contributed by atoms with E-state index in [9.17, 15) is 14.4 Å². The van der Waals surface area contributed by atoms with E-state index in [0.29, 0.717) is 32.9 Å². The number of fused-ring (bicyclic) bond motifs is 4. The maximum atomic E-state index is 14.0. The minimum absolute atomic E-state index is 0.0497. The number of nitrogens with zero attached hydrogens (tertiary/aromatic N) is 2. The average Bonchev–Trinajstić information content (AvgIpc) is 3.49. The van der Waals surface area contributed by atoms with E-state index in [0.717, 1.165) is 65.0 Å². The van der Waals surface area contributed by atoms with E-state index in [4.69, 9.17) is 9.72 Å². The maximum Gasteiger partial charge on any atom is 0.341 e. The lowest BCUT2D eigenvalue weighted by Crippen LogP contribution is -2.23. The second kappa shape index (κ2) is 11.7. The van der Waals surface area contributed by atoms with E-state index >= 15 is 0 Å². The topological polar surface area (TPSA) is 90.3 Å². The molecule has 0 spiro atoms. The molecule has 2 aliphatic carbocycles. The number of hydrogen-bond acceptors (Lipinski definition) is 8. The summed E-state index contributed by atoms with van der Waals surface area (Å²) in [5.74, 6) is 0.546. The number of ether oxygens (including phenoxy) is 1. The van der Waals surface area contributed by atoms with Gasteiger partial charge in [-0.2, -0.15) is 0 Å². The van der Waals surface area contributed by atoms with Crippen LogP contribution < -0.4 is 10.9 Å². The number of carbonyl (C=O) groups excluding carboxylic acids is 2. The van der Waals surface area contributed by atoms with Crippen LogP contribution in [0.4, 0.5) is 5.00 Å². The van der Waals surface area contributed by atoms with Crippen LogP contribution in [0.15, 0.2) is 40.3 Å². The van der Waals surface area contributed by atoms with Crippen LogP contribution in [0, 0.1) is 11.8 Å². The molecular weight excluding hydrogens is 575 g/mol. The van der Waals surface area contributed by atoms with Gasteiger partial charge in [-0.25, -0.2) is 9.78 Å². The molecule has 0 radical (unpaired) electrons. The molecule has 0 saturated carbocycles. The van der Waals surface area contributed by atoms with Crippen molar-refractivity contribution >= 4 is 61.5 Å². The highest BCUT2D eigenvalue weighted by molar-refractivity contribution is 7.99. The van der Waals surface area contributed by atoms with Gasteiger partial charge < -0.3 is 10.1 Å². The highest BCUT2D eigenvalue weighted by atomic mass is 32.2. The summed E-state index contributed by atoms with van der Waals surface area (Å²) < 4.78 is 6.99. The van der Waals surface area contributed by atoms with Crippen LogP contribution in [0.3, 0.4) is 0 Å². The molecule has 0 bridgehead atoms. The van der Waals surface area contributed by atoms with Gasteiger partial charge in [-0.1, -0.05) is 43.8 Å². The smallest absolute Gasteiger partial charge is 0.341 e. The summed E-state index contributed by atoms with van der Waals surface area (Å²) >= 11 is 4.33. The van der Waals surface area contributed by atoms with Crippen LogP contribution in [0.1, 0.15) is 64.9 Å². The van der Waals surface area contributed by atoms with E-state index in [1.165, 1.54) is 28.0 Å². The lowest BCUT2D eigenvalue weighted by atomic mass is 9.88. The monoisotopic (exact) mass is 607 g/mol. The number of aryl methyl sites for hydroxylation is 1. The van der Waals surface area contributed by atoms with Crippen molar-refractivity contribution in [2.45, 2.75) is 64.5 Å². The van der Waals surface area contributed by atoms with Crippen molar-refractivity contribution in [1.29, 1.82) is 0 Å². The second-order valence-electron chi connectivity index (χ2n) is 11.0. The standard InChI is InChI=1S/C31H33N3O4S3/c1-4-38-30(37)26-21-13-11-18(3)15-23(21)41-28(26)32-24(35)16-39-31-33-27-25(20-12-10-17(2)14-22(20)40-27)29(36)34(31)19-8-6-5-7-9-19/h5-9,17-18H,4,10-16H2,1-3H3,(H,32,35)/t17-,18+/m1/s1. The van der Waals surface area contributed by atoms with Crippen LogP contribution in [-0.4, -0.2) is 33.8 Å². The van der Waals surface area contributed by atoms with E-state index in [1.54, 1.807) is 22.8 Å². The third-order valence-corrected chi connectivity index (χ3v) is 11.1. The van der Waals surface area contributed by atoms with Gasteiger partial charge in [0.1, 0.15) is 9.83 Å². The predicted molar refractivity (Wildman–Crippen MR) is 167 cm³/mol.